The number of para-hydroxylation sites is 1. The van der Waals surface area contributed by atoms with Crippen LogP contribution in [0.4, 0.5) is 5.69 Å². The van der Waals surface area contributed by atoms with Gasteiger partial charge in [-0.05, 0) is 62.4 Å². The number of methoxy groups -OCH3 is 3. The standard InChI is InChI=1S/C27H27N3O6/c1-16(2)35-19-12-10-17(11-13-19)26(31)28-21-9-7-6-8-20(21)27-29-25(30-36-27)18-14-22(32-3)24(34-5)23(15-18)33-4/h6-16H,1-5H3,(H,28,31). The second kappa shape index (κ2) is 10.8. The van der Waals surface area contributed by atoms with E-state index in [1.807, 2.05) is 26.0 Å². The van der Waals surface area contributed by atoms with Gasteiger partial charge in [-0.15, -0.1) is 0 Å². The summed E-state index contributed by atoms with van der Waals surface area (Å²) < 4.78 is 27.4. The first-order valence-electron chi connectivity index (χ1n) is 11.2. The summed E-state index contributed by atoms with van der Waals surface area (Å²) in [6, 6.07) is 17.6. The lowest BCUT2D eigenvalue weighted by Crippen LogP contribution is -2.13. The lowest BCUT2D eigenvalue weighted by Gasteiger charge is -2.12. The summed E-state index contributed by atoms with van der Waals surface area (Å²) >= 11 is 0. The smallest absolute Gasteiger partial charge is 0.260 e. The van der Waals surface area contributed by atoms with Gasteiger partial charge in [-0.1, -0.05) is 17.3 Å². The van der Waals surface area contributed by atoms with E-state index in [0.29, 0.717) is 51.2 Å². The van der Waals surface area contributed by atoms with Crippen LogP contribution in [0.15, 0.2) is 65.2 Å². The lowest BCUT2D eigenvalue weighted by molar-refractivity contribution is 0.102. The first-order chi connectivity index (χ1) is 17.4. The Kier molecular flexibility index (Phi) is 7.39. The molecule has 4 aromatic rings. The number of amides is 1. The van der Waals surface area contributed by atoms with Gasteiger partial charge >= 0.3 is 0 Å². The van der Waals surface area contributed by atoms with Crippen molar-refractivity contribution in [2.75, 3.05) is 26.6 Å². The fraction of sp³-hybridized carbons (Fsp3) is 0.222. The van der Waals surface area contributed by atoms with Crippen molar-refractivity contribution in [1.82, 2.24) is 10.1 Å². The Balaban J connectivity index is 1.60. The minimum absolute atomic E-state index is 0.0518. The maximum Gasteiger partial charge on any atom is 0.260 e. The van der Waals surface area contributed by atoms with E-state index in [9.17, 15) is 4.79 Å². The van der Waals surface area contributed by atoms with Gasteiger partial charge in [0.1, 0.15) is 5.75 Å². The zero-order valence-corrected chi connectivity index (χ0v) is 20.7. The van der Waals surface area contributed by atoms with E-state index < -0.39 is 0 Å². The van der Waals surface area contributed by atoms with Gasteiger partial charge in [0.25, 0.3) is 11.8 Å². The van der Waals surface area contributed by atoms with Gasteiger partial charge in [0.2, 0.25) is 11.6 Å². The van der Waals surface area contributed by atoms with Crippen molar-refractivity contribution in [3.05, 3.63) is 66.2 Å². The van der Waals surface area contributed by atoms with Crippen molar-refractivity contribution in [2.24, 2.45) is 0 Å². The second-order valence-corrected chi connectivity index (χ2v) is 8.03. The van der Waals surface area contributed by atoms with Gasteiger partial charge in [0, 0.05) is 11.1 Å². The third-order valence-electron chi connectivity index (χ3n) is 5.24. The average molecular weight is 490 g/mol. The Morgan fingerprint density at radius 3 is 2.19 bits per heavy atom. The van der Waals surface area contributed by atoms with Gasteiger partial charge in [-0.25, -0.2) is 0 Å². The number of carbonyl (C=O) groups is 1. The Morgan fingerprint density at radius 2 is 1.58 bits per heavy atom. The van der Waals surface area contributed by atoms with Gasteiger partial charge < -0.3 is 28.8 Å². The number of anilines is 1. The van der Waals surface area contributed by atoms with Crippen LogP contribution >= 0.6 is 0 Å². The van der Waals surface area contributed by atoms with Crippen molar-refractivity contribution >= 4 is 11.6 Å². The zero-order valence-electron chi connectivity index (χ0n) is 20.7. The summed E-state index contributed by atoms with van der Waals surface area (Å²) in [5.74, 6) is 2.40. The van der Waals surface area contributed by atoms with E-state index >= 15 is 0 Å². The molecule has 0 aliphatic carbocycles. The van der Waals surface area contributed by atoms with Gasteiger partial charge in [0.05, 0.1) is 38.7 Å². The Hall–Kier alpha value is -4.53. The highest BCUT2D eigenvalue weighted by molar-refractivity contribution is 6.06. The van der Waals surface area contributed by atoms with Gasteiger partial charge in [-0.2, -0.15) is 4.98 Å². The molecule has 1 aromatic heterocycles. The molecule has 0 bridgehead atoms. The molecule has 0 saturated carbocycles. The largest absolute Gasteiger partial charge is 0.493 e. The number of nitrogens with one attached hydrogen (secondary N) is 1. The normalized spacial score (nSPS) is 10.7. The maximum absolute atomic E-state index is 12.9. The number of rotatable bonds is 9. The third-order valence-corrected chi connectivity index (χ3v) is 5.24. The van der Waals surface area contributed by atoms with Crippen LogP contribution < -0.4 is 24.3 Å². The van der Waals surface area contributed by atoms with E-state index in [2.05, 4.69) is 15.5 Å². The number of hydrogen-bond donors (Lipinski definition) is 1. The predicted molar refractivity (Wildman–Crippen MR) is 135 cm³/mol. The summed E-state index contributed by atoms with van der Waals surface area (Å²) in [6.07, 6.45) is 0.0518. The summed E-state index contributed by atoms with van der Waals surface area (Å²) in [6.45, 7) is 3.89. The molecule has 3 aromatic carbocycles. The summed E-state index contributed by atoms with van der Waals surface area (Å²) in [7, 11) is 4.60. The molecule has 1 amide bonds. The van der Waals surface area contributed by atoms with Crippen molar-refractivity contribution in [3.63, 3.8) is 0 Å². The first-order valence-corrected chi connectivity index (χ1v) is 11.2. The van der Waals surface area contributed by atoms with E-state index in [1.165, 1.54) is 21.3 Å². The highest BCUT2D eigenvalue weighted by Gasteiger charge is 2.19. The van der Waals surface area contributed by atoms with Crippen LogP contribution in [0.1, 0.15) is 24.2 Å². The highest BCUT2D eigenvalue weighted by Crippen LogP contribution is 2.41. The van der Waals surface area contributed by atoms with E-state index in [0.717, 1.165) is 0 Å². The molecule has 36 heavy (non-hydrogen) atoms. The molecule has 0 spiro atoms. The molecule has 1 N–H and O–H groups in total. The first kappa shape index (κ1) is 24.6. The van der Waals surface area contributed by atoms with E-state index in [1.54, 1.807) is 48.5 Å². The number of carbonyl (C=O) groups excluding carboxylic acids is 1. The number of nitrogens with zero attached hydrogens (tertiary/aromatic N) is 2. The monoisotopic (exact) mass is 489 g/mol. The fourth-order valence-electron chi connectivity index (χ4n) is 3.59. The third kappa shape index (κ3) is 5.25. The Labute approximate surface area is 209 Å². The number of hydrogen-bond acceptors (Lipinski definition) is 8. The summed E-state index contributed by atoms with van der Waals surface area (Å²) in [4.78, 5) is 17.4. The molecule has 0 aliphatic heterocycles. The van der Waals surface area contributed by atoms with Crippen LogP contribution in [0.25, 0.3) is 22.8 Å². The van der Waals surface area contributed by atoms with Crippen LogP contribution in [0.2, 0.25) is 0 Å². The second-order valence-electron chi connectivity index (χ2n) is 8.03. The zero-order chi connectivity index (χ0) is 25.7. The lowest BCUT2D eigenvalue weighted by atomic mass is 10.1. The van der Waals surface area contributed by atoms with Crippen molar-refractivity contribution in [3.8, 4) is 45.8 Å². The number of benzene rings is 3. The molecular formula is C27H27N3O6. The molecule has 0 radical (unpaired) electrons. The van der Waals surface area contributed by atoms with E-state index in [4.69, 9.17) is 23.5 Å². The summed E-state index contributed by atoms with van der Waals surface area (Å²) in [5, 5.41) is 7.04. The van der Waals surface area contributed by atoms with Crippen LogP contribution in [0.3, 0.4) is 0 Å². The van der Waals surface area contributed by atoms with Crippen LogP contribution in [-0.4, -0.2) is 43.5 Å². The van der Waals surface area contributed by atoms with E-state index in [-0.39, 0.29) is 17.9 Å². The number of aromatic nitrogens is 2. The molecule has 0 unspecified atom stereocenters. The SMILES string of the molecule is COc1cc(-c2noc(-c3ccccc3NC(=O)c3ccc(OC(C)C)cc3)n2)cc(OC)c1OC. The summed E-state index contributed by atoms with van der Waals surface area (Å²) in [5.41, 5.74) is 2.22. The molecule has 0 fully saturated rings. The highest BCUT2D eigenvalue weighted by atomic mass is 16.5. The van der Waals surface area contributed by atoms with Crippen LogP contribution in [0, 0.1) is 0 Å². The maximum atomic E-state index is 12.9. The predicted octanol–water partition coefficient (Wildman–Crippen LogP) is 5.47. The molecule has 0 saturated heterocycles. The molecule has 0 aliphatic rings. The molecule has 9 heteroatoms. The van der Waals surface area contributed by atoms with Gasteiger partial charge in [0.15, 0.2) is 11.5 Å². The van der Waals surface area contributed by atoms with Crippen molar-refractivity contribution in [1.29, 1.82) is 0 Å². The molecule has 9 nitrogen and oxygen atoms in total. The minimum atomic E-state index is -0.275. The molecule has 1 heterocycles. The Bertz CT molecular complexity index is 1320. The molecule has 186 valence electrons. The van der Waals surface area contributed by atoms with Crippen LogP contribution in [0.5, 0.6) is 23.0 Å². The average Bonchev–Trinajstić information content (AvgIpc) is 3.38. The molecular weight excluding hydrogens is 462 g/mol. The quantitative estimate of drug-likeness (QED) is 0.330. The van der Waals surface area contributed by atoms with Gasteiger partial charge in [-0.3, -0.25) is 4.79 Å². The minimum Gasteiger partial charge on any atom is -0.493 e. The van der Waals surface area contributed by atoms with Crippen molar-refractivity contribution in [2.45, 2.75) is 20.0 Å². The van der Waals surface area contributed by atoms with Crippen LogP contribution in [-0.2, 0) is 0 Å². The molecule has 4 rings (SSSR count). The van der Waals surface area contributed by atoms with Crippen molar-refractivity contribution < 1.29 is 28.3 Å². The fourth-order valence-corrected chi connectivity index (χ4v) is 3.59. The number of ether oxygens (including phenoxy) is 4. The topological polar surface area (TPSA) is 105 Å². The Morgan fingerprint density at radius 1 is 0.917 bits per heavy atom. The molecule has 0 atom stereocenters.